The SMILES string of the molecule is CN(C)Cc1nc(CC(=O)N(C)Cc2ccccc2)cs1. The van der Waals surface area contributed by atoms with E-state index < -0.39 is 0 Å². The average molecular weight is 303 g/mol. The average Bonchev–Trinajstić information content (AvgIpc) is 2.86. The number of benzene rings is 1. The normalized spacial score (nSPS) is 10.9. The van der Waals surface area contributed by atoms with Crippen LogP contribution in [-0.2, 0) is 24.3 Å². The third-order valence-electron chi connectivity index (χ3n) is 3.07. The molecule has 0 spiro atoms. The number of amides is 1. The fourth-order valence-electron chi connectivity index (χ4n) is 2.01. The molecule has 21 heavy (non-hydrogen) atoms. The number of aromatic nitrogens is 1. The van der Waals surface area contributed by atoms with Crippen molar-refractivity contribution in [3.8, 4) is 0 Å². The molecular formula is C16H21N3OS. The number of thiazole rings is 1. The smallest absolute Gasteiger partial charge is 0.228 e. The van der Waals surface area contributed by atoms with Crippen molar-refractivity contribution in [2.24, 2.45) is 0 Å². The summed E-state index contributed by atoms with van der Waals surface area (Å²) in [5.41, 5.74) is 2.00. The van der Waals surface area contributed by atoms with Crippen molar-refractivity contribution in [3.05, 3.63) is 52.0 Å². The summed E-state index contributed by atoms with van der Waals surface area (Å²) in [5.74, 6) is 0.0977. The molecule has 0 saturated carbocycles. The number of nitrogens with zero attached hydrogens (tertiary/aromatic N) is 3. The Labute approximate surface area is 130 Å². The van der Waals surface area contributed by atoms with Gasteiger partial charge in [-0.25, -0.2) is 4.98 Å². The molecular weight excluding hydrogens is 282 g/mol. The van der Waals surface area contributed by atoms with E-state index in [1.807, 2.05) is 56.9 Å². The first-order valence-corrected chi connectivity index (χ1v) is 7.78. The summed E-state index contributed by atoms with van der Waals surface area (Å²) in [6, 6.07) is 10.0. The van der Waals surface area contributed by atoms with E-state index in [2.05, 4.69) is 9.88 Å². The van der Waals surface area contributed by atoms with Gasteiger partial charge in [0.15, 0.2) is 0 Å². The number of hydrogen-bond donors (Lipinski definition) is 0. The highest BCUT2D eigenvalue weighted by Gasteiger charge is 2.12. The van der Waals surface area contributed by atoms with Crippen LogP contribution in [0.4, 0.5) is 0 Å². The Morgan fingerprint density at radius 3 is 2.52 bits per heavy atom. The molecule has 5 heteroatoms. The van der Waals surface area contributed by atoms with E-state index in [-0.39, 0.29) is 5.91 Å². The van der Waals surface area contributed by atoms with Crippen LogP contribution in [0.25, 0.3) is 0 Å². The zero-order chi connectivity index (χ0) is 15.2. The van der Waals surface area contributed by atoms with Gasteiger partial charge in [-0.2, -0.15) is 0 Å². The second kappa shape index (κ2) is 7.33. The van der Waals surface area contributed by atoms with Gasteiger partial charge >= 0.3 is 0 Å². The summed E-state index contributed by atoms with van der Waals surface area (Å²) in [5, 5.41) is 3.03. The Kier molecular flexibility index (Phi) is 5.47. The summed E-state index contributed by atoms with van der Waals surface area (Å²) in [7, 11) is 5.86. The van der Waals surface area contributed by atoms with Crippen LogP contribution < -0.4 is 0 Å². The minimum atomic E-state index is 0.0977. The second-order valence-electron chi connectivity index (χ2n) is 5.38. The number of carbonyl (C=O) groups excluding carboxylic acids is 1. The number of hydrogen-bond acceptors (Lipinski definition) is 4. The zero-order valence-electron chi connectivity index (χ0n) is 12.7. The topological polar surface area (TPSA) is 36.4 Å². The maximum absolute atomic E-state index is 12.2. The van der Waals surface area contributed by atoms with Gasteiger partial charge in [-0.3, -0.25) is 4.79 Å². The molecule has 0 aliphatic rings. The maximum Gasteiger partial charge on any atom is 0.228 e. The molecule has 0 N–H and O–H groups in total. The highest BCUT2D eigenvalue weighted by atomic mass is 32.1. The number of rotatable bonds is 6. The molecule has 0 saturated heterocycles. The van der Waals surface area contributed by atoms with Crippen molar-refractivity contribution < 1.29 is 4.79 Å². The van der Waals surface area contributed by atoms with Crippen molar-refractivity contribution in [1.82, 2.24) is 14.8 Å². The van der Waals surface area contributed by atoms with Crippen molar-refractivity contribution in [2.75, 3.05) is 21.1 Å². The van der Waals surface area contributed by atoms with Crippen molar-refractivity contribution in [1.29, 1.82) is 0 Å². The third-order valence-corrected chi connectivity index (χ3v) is 3.95. The number of carbonyl (C=O) groups is 1. The van der Waals surface area contributed by atoms with Gasteiger partial charge in [0.2, 0.25) is 5.91 Å². The molecule has 4 nitrogen and oxygen atoms in total. The quantitative estimate of drug-likeness (QED) is 0.822. The monoisotopic (exact) mass is 303 g/mol. The standard InChI is InChI=1S/C16H21N3OS/c1-18(2)11-15-17-14(12-21-15)9-16(20)19(3)10-13-7-5-4-6-8-13/h4-8,12H,9-11H2,1-3H3. The predicted molar refractivity (Wildman–Crippen MR) is 86.1 cm³/mol. The molecule has 2 rings (SSSR count). The van der Waals surface area contributed by atoms with Crippen LogP contribution in [-0.4, -0.2) is 41.8 Å². The lowest BCUT2D eigenvalue weighted by Gasteiger charge is -2.16. The Morgan fingerprint density at radius 2 is 1.86 bits per heavy atom. The molecule has 0 aliphatic carbocycles. The highest BCUT2D eigenvalue weighted by molar-refractivity contribution is 7.09. The van der Waals surface area contributed by atoms with Crippen LogP contribution in [0.3, 0.4) is 0 Å². The maximum atomic E-state index is 12.2. The van der Waals surface area contributed by atoms with Crippen LogP contribution in [0, 0.1) is 0 Å². The molecule has 1 amide bonds. The second-order valence-corrected chi connectivity index (χ2v) is 6.33. The van der Waals surface area contributed by atoms with E-state index >= 15 is 0 Å². The van der Waals surface area contributed by atoms with Crippen LogP contribution in [0.2, 0.25) is 0 Å². The summed E-state index contributed by atoms with van der Waals surface area (Å²) in [6.07, 6.45) is 0.368. The van der Waals surface area contributed by atoms with Crippen molar-refractivity contribution in [3.63, 3.8) is 0 Å². The van der Waals surface area contributed by atoms with E-state index in [1.54, 1.807) is 16.2 Å². The van der Waals surface area contributed by atoms with Gasteiger partial charge in [0.1, 0.15) is 5.01 Å². The zero-order valence-corrected chi connectivity index (χ0v) is 13.6. The van der Waals surface area contributed by atoms with Crippen LogP contribution in [0.1, 0.15) is 16.3 Å². The molecule has 2 aromatic rings. The molecule has 0 unspecified atom stereocenters. The molecule has 0 atom stereocenters. The van der Waals surface area contributed by atoms with Gasteiger partial charge in [-0.15, -0.1) is 11.3 Å². The van der Waals surface area contributed by atoms with Gasteiger partial charge in [-0.05, 0) is 19.7 Å². The molecule has 1 heterocycles. The Balaban J connectivity index is 1.90. The molecule has 1 aromatic carbocycles. The number of likely N-dealkylation sites (N-methyl/N-ethyl adjacent to an activating group) is 1. The first kappa shape index (κ1) is 15.7. The van der Waals surface area contributed by atoms with Gasteiger partial charge in [-0.1, -0.05) is 30.3 Å². The van der Waals surface area contributed by atoms with Gasteiger partial charge in [0.05, 0.1) is 12.1 Å². The first-order valence-electron chi connectivity index (χ1n) is 6.90. The summed E-state index contributed by atoms with van der Waals surface area (Å²) in [6.45, 7) is 1.45. The van der Waals surface area contributed by atoms with E-state index in [4.69, 9.17) is 0 Å². The lowest BCUT2D eigenvalue weighted by atomic mass is 10.2. The van der Waals surface area contributed by atoms with E-state index in [0.717, 1.165) is 22.8 Å². The van der Waals surface area contributed by atoms with E-state index in [0.29, 0.717) is 13.0 Å². The molecule has 1 aromatic heterocycles. The molecule has 0 aliphatic heterocycles. The molecule has 0 radical (unpaired) electrons. The van der Waals surface area contributed by atoms with Crippen LogP contribution >= 0.6 is 11.3 Å². The lowest BCUT2D eigenvalue weighted by Crippen LogP contribution is -2.27. The lowest BCUT2D eigenvalue weighted by molar-refractivity contribution is -0.129. The minimum Gasteiger partial charge on any atom is -0.341 e. The summed E-state index contributed by atoms with van der Waals surface area (Å²) >= 11 is 1.61. The minimum absolute atomic E-state index is 0.0977. The largest absolute Gasteiger partial charge is 0.341 e. The summed E-state index contributed by atoms with van der Waals surface area (Å²) < 4.78 is 0. The fourth-order valence-corrected chi connectivity index (χ4v) is 2.92. The highest BCUT2D eigenvalue weighted by Crippen LogP contribution is 2.13. The van der Waals surface area contributed by atoms with Crippen molar-refractivity contribution >= 4 is 17.2 Å². The first-order chi connectivity index (χ1) is 10.0. The Hall–Kier alpha value is -1.72. The molecule has 0 bridgehead atoms. The molecule has 112 valence electrons. The van der Waals surface area contributed by atoms with Crippen LogP contribution in [0.5, 0.6) is 0 Å². The predicted octanol–water partition coefficient (Wildman–Crippen LogP) is 2.41. The Bertz CT molecular complexity index is 580. The van der Waals surface area contributed by atoms with E-state index in [1.165, 1.54) is 0 Å². The van der Waals surface area contributed by atoms with Crippen LogP contribution in [0.15, 0.2) is 35.7 Å². The third kappa shape index (κ3) is 4.95. The van der Waals surface area contributed by atoms with Gasteiger partial charge in [0, 0.05) is 25.5 Å². The fraction of sp³-hybridized carbons (Fsp3) is 0.375. The summed E-state index contributed by atoms with van der Waals surface area (Å²) in [4.78, 5) is 20.6. The Morgan fingerprint density at radius 1 is 1.14 bits per heavy atom. The van der Waals surface area contributed by atoms with Crippen molar-refractivity contribution in [2.45, 2.75) is 19.5 Å². The van der Waals surface area contributed by atoms with E-state index in [9.17, 15) is 4.79 Å². The van der Waals surface area contributed by atoms with Gasteiger partial charge in [0.25, 0.3) is 0 Å². The molecule has 0 fully saturated rings. The van der Waals surface area contributed by atoms with Gasteiger partial charge < -0.3 is 9.80 Å².